The number of anilines is 3. The van der Waals surface area contributed by atoms with Crippen molar-refractivity contribution in [3.63, 3.8) is 0 Å². The molecule has 0 spiro atoms. The van der Waals surface area contributed by atoms with Gasteiger partial charge in [0.2, 0.25) is 5.95 Å². The molecule has 0 radical (unpaired) electrons. The molecule has 2 aromatic rings. The van der Waals surface area contributed by atoms with E-state index in [1.807, 2.05) is 12.1 Å². The molecule has 0 amide bonds. The van der Waals surface area contributed by atoms with Crippen molar-refractivity contribution in [1.82, 2.24) is 25.1 Å². The molecule has 7 heteroatoms. The monoisotopic (exact) mass is 271 g/mol. The molecule has 1 aliphatic heterocycles. The predicted octanol–water partition coefficient (Wildman–Crippen LogP) is 0.762. The molecule has 104 valence electrons. The van der Waals surface area contributed by atoms with Crippen molar-refractivity contribution < 1.29 is 0 Å². The van der Waals surface area contributed by atoms with Crippen LogP contribution in [0.4, 0.5) is 17.6 Å². The number of nitrogens with one attached hydrogen (secondary N) is 1. The molecule has 7 nitrogen and oxygen atoms in total. The summed E-state index contributed by atoms with van der Waals surface area (Å²) in [6.45, 7) is 4.08. The number of piperazine rings is 1. The van der Waals surface area contributed by atoms with Crippen LogP contribution >= 0.6 is 0 Å². The third-order valence-electron chi connectivity index (χ3n) is 3.28. The Morgan fingerprint density at radius 3 is 2.40 bits per heavy atom. The first kappa shape index (κ1) is 12.7. The average Bonchev–Trinajstić information content (AvgIpc) is 2.50. The molecule has 3 rings (SSSR count). The van der Waals surface area contributed by atoms with Crippen molar-refractivity contribution in [2.75, 3.05) is 43.4 Å². The normalized spacial score (nSPS) is 16.1. The number of aromatic nitrogens is 4. The molecule has 1 saturated heterocycles. The van der Waals surface area contributed by atoms with E-state index >= 15 is 0 Å². The molecule has 20 heavy (non-hydrogen) atoms. The molecule has 2 aromatic heterocycles. The summed E-state index contributed by atoms with van der Waals surface area (Å²) in [6, 6.07) is 5.65. The Labute approximate surface area is 117 Å². The number of likely N-dealkylation sites (N-methyl/N-ethyl adjacent to an activating group) is 1. The molecule has 0 aromatic carbocycles. The molecule has 0 aliphatic carbocycles. The fraction of sp³-hybridized carbons (Fsp3) is 0.385. The summed E-state index contributed by atoms with van der Waals surface area (Å²) in [6.07, 6.45) is 3.36. The fourth-order valence-corrected chi connectivity index (χ4v) is 2.07. The molecular formula is C13H17N7. The van der Waals surface area contributed by atoms with E-state index in [0.717, 1.165) is 32.0 Å². The van der Waals surface area contributed by atoms with Gasteiger partial charge in [-0.1, -0.05) is 0 Å². The van der Waals surface area contributed by atoms with Crippen LogP contribution in [-0.4, -0.2) is 58.3 Å². The number of rotatable bonds is 3. The van der Waals surface area contributed by atoms with E-state index in [1.54, 1.807) is 18.5 Å². The van der Waals surface area contributed by atoms with Crippen LogP contribution < -0.4 is 10.2 Å². The molecule has 3 heterocycles. The highest BCUT2D eigenvalue weighted by Gasteiger charge is 2.15. The lowest BCUT2D eigenvalue weighted by Gasteiger charge is -2.32. The third-order valence-corrected chi connectivity index (χ3v) is 3.28. The second-order valence-corrected chi connectivity index (χ2v) is 4.76. The zero-order chi connectivity index (χ0) is 13.8. The highest BCUT2D eigenvalue weighted by molar-refractivity contribution is 5.49. The summed E-state index contributed by atoms with van der Waals surface area (Å²) in [5, 5.41) is 11.5. The standard InChI is InChI=1S/C13H17N7/c1-19-7-9-20(10-8-19)12-4-3-11(17-18-12)16-13-14-5-2-6-15-13/h2-6H,7-10H2,1H3,(H,14,15,16,17). The quantitative estimate of drug-likeness (QED) is 0.883. The van der Waals surface area contributed by atoms with Gasteiger partial charge in [-0.25, -0.2) is 9.97 Å². The van der Waals surface area contributed by atoms with Crippen molar-refractivity contribution in [2.45, 2.75) is 0 Å². The van der Waals surface area contributed by atoms with Crippen molar-refractivity contribution in [3.8, 4) is 0 Å². The van der Waals surface area contributed by atoms with E-state index in [0.29, 0.717) is 11.8 Å². The summed E-state index contributed by atoms with van der Waals surface area (Å²) in [7, 11) is 2.13. The van der Waals surface area contributed by atoms with E-state index in [4.69, 9.17) is 0 Å². The summed E-state index contributed by atoms with van der Waals surface area (Å²) >= 11 is 0. The molecule has 1 aliphatic rings. The van der Waals surface area contributed by atoms with Gasteiger partial charge in [-0.05, 0) is 25.2 Å². The van der Waals surface area contributed by atoms with Gasteiger partial charge in [0.25, 0.3) is 0 Å². The van der Waals surface area contributed by atoms with Gasteiger partial charge >= 0.3 is 0 Å². The Hall–Kier alpha value is -2.28. The second-order valence-electron chi connectivity index (χ2n) is 4.76. The van der Waals surface area contributed by atoms with Gasteiger partial charge in [-0.15, -0.1) is 10.2 Å². The summed E-state index contributed by atoms with van der Waals surface area (Å²) < 4.78 is 0. The Morgan fingerprint density at radius 2 is 1.75 bits per heavy atom. The van der Waals surface area contributed by atoms with Gasteiger partial charge in [0.15, 0.2) is 11.6 Å². The predicted molar refractivity (Wildman–Crippen MR) is 77.1 cm³/mol. The zero-order valence-electron chi connectivity index (χ0n) is 11.4. The lowest BCUT2D eigenvalue weighted by Crippen LogP contribution is -2.44. The van der Waals surface area contributed by atoms with Crippen molar-refractivity contribution >= 4 is 17.6 Å². The Morgan fingerprint density at radius 1 is 1.00 bits per heavy atom. The smallest absolute Gasteiger partial charge is 0.228 e. The van der Waals surface area contributed by atoms with Crippen LogP contribution in [0.1, 0.15) is 0 Å². The highest BCUT2D eigenvalue weighted by Crippen LogP contribution is 2.15. The topological polar surface area (TPSA) is 70.1 Å². The van der Waals surface area contributed by atoms with Gasteiger partial charge in [0.05, 0.1) is 0 Å². The van der Waals surface area contributed by atoms with Gasteiger partial charge in [0, 0.05) is 38.6 Å². The second kappa shape index (κ2) is 5.79. The minimum absolute atomic E-state index is 0.522. The Balaban J connectivity index is 1.65. The largest absolute Gasteiger partial charge is 0.353 e. The SMILES string of the molecule is CN1CCN(c2ccc(Nc3ncccn3)nn2)CC1. The van der Waals surface area contributed by atoms with Crippen LogP contribution in [0.25, 0.3) is 0 Å². The minimum Gasteiger partial charge on any atom is -0.353 e. The maximum atomic E-state index is 4.26. The van der Waals surface area contributed by atoms with Crippen molar-refractivity contribution in [3.05, 3.63) is 30.6 Å². The van der Waals surface area contributed by atoms with E-state index in [9.17, 15) is 0 Å². The maximum Gasteiger partial charge on any atom is 0.228 e. The average molecular weight is 271 g/mol. The van der Waals surface area contributed by atoms with Crippen LogP contribution in [0.15, 0.2) is 30.6 Å². The van der Waals surface area contributed by atoms with Gasteiger partial charge in [-0.2, -0.15) is 0 Å². The lowest BCUT2D eigenvalue weighted by atomic mass is 10.3. The van der Waals surface area contributed by atoms with Crippen LogP contribution in [0.2, 0.25) is 0 Å². The van der Waals surface area contributed by atoms with Crippen molar-refractivity contribution in [1.29, 1.82) is 0 Å². The van der Waals surface area contributed by atoms with Gasteiger partial charge in [-0.3, -0.25) is 0 Å². The van der Waals surface area contributed by atoms with Gasteiger partial charge < -0.3 is 15.1 Å². The Bertz CT molecular complexity index is 534. The molecule has 1 N–H and O–H groups in total. The van der Waals surface area contributed by atoms with E-state index in [1.165, 1.54) is 0 Å². The van der Waals surface area contributed by atoms with E-state index in [2.05, 4.69) is 42.3 Å². The van der Waals surface area contributed by atoms with Gasteiger partial charge in [0.1, 0.15) is 0 Å². The minimum atomic E-state index is 0.522. The Kier molecular flexibility index (Phi) is 3.69. The fourth-order valence-electron chi connectivity index (χ4n) is 2.07. The van der Waals surface area contributed by atoms with Crippen LogP contribution in [-0.2, 0) is 0 Å². The molecule has 0 atom stereocenters. The number of nitrogens with zero attached hydrogens (tertiary/aromatic N) is 6. The maximum absolute atomic E-state index is 4.26. The molecule has 0 unspecified atom stereocenters. The molecule has 0 bridgehead atoms. The number of hydrogen-bond acceptors (Lipinski definition) is 7. The van der Waals surface area contributed by atoms with Crippen LogP contribution in [0, 0.1) is 0 Å². The summed E-state index contributed by atoms with van der Waals surface area (Å²) in [5.41, 5.74) is 0. The lowest BCUT2D eigenvalue weighted by molar-refractivity contribution is 0.312. The summed E-state index contributed by atoms with van der Waals surface area (Å²) in [5.74, 6) is 2.08. The third kappa shape index (κ3) is 3.00. The molecule has 1 fully saturated rings. The first-order valence-electron chi connectivity index (χ1n) is 6.62. The first-order chi connectivity index (χ1) is 9.81. The zero-order valence-corrected chi connectivity index (χ0v) is 11.4. The van der Waals surface area contributed by atoms with Crippen LogP contribution in [0.3, 0.4) is 0 Å². The van der Waals surface area contributed by atoms with E-state index in [-0.39, 0.29) is 0 Å². The number of hydrogen-bond donors (Lipinski definition) is 1. The van der Waals surface area contributed by atoms with Crippen molar-refractivity contribution in [2.24, 2.45) is 0 Å². The van der Waals surface area contributed by atoms with Crippen LogP contribution in [0.5, 0.6) is 0 Å². The first-order valence-corrected chi connectivity index (χ1v) is 6.62. The summed E-state index contributed by atoms with van der Waals surface area (Å²) in [4.78, 5) is 12.7. The molecular weight excluding hydrogens is 254 g/mol. The van der Waals surface area contributed by atoms with E-state index < -0.39 is 0 Å². The highest BCUT2D eigenvalue weighted by atomic mass is 15.3. The molecule has 0 saturated carbocycles.